The molecular formula is C26H36ClN3O5S. The van der Waals surface area contributed by atoms with E-state index >= 15 is 0 Å². The van der Waals surface area contributed by atoms with Crippen LogP contribution in [0.1, 0.15) is 45.1 Å². The van der Waals surface area contributed by atoms with Crippen LogP contribution >= 0.6 is 11.6 Å². The second-order valence-corrected chi connectivity index (χ2v) is 10.9. The number of halogens is 1. The summed E-state index contributed by atoms with van der Waals surface area (Å²) in [7, 11) is -2.01. The summed E-state index contributed by atoms with van der Waals surface area (Å²) in [6.45, 7) is 4.70. The fourth-order valence-corrected chi connectivity index (χ4v) is 5.03. The second-order valence-electron chi connectivity index (χ2n) is 8.51. The minimum absolute atomic E-state index is 0.0775. The van der Waals surface area contributed by atoms with E-state index in [0.717, 1.165) is 18.2 Å². The van der Waals surface area contributed by atoms with Crippen molar-refractivity contribution in [1.29, 1.82) is 0 Å². The van der Waals surface area contributed by atoms with Crippen LogP contribution in [0.4, 0.5) is 5.69 Å². The topological polar surface area (TPSA) is 96.0 Å². The molecular weight excluding hydrogens is 502 g/mol. The Hall–Kier alpha value is -2.78. The summed E-state index contributed by atoms with van der Waals surface area (Å²) in [5.41, 5.74) is 1.28. The quantitative estimate of drug-likeness (QED) is 0.389. The fraction of sp³-hybridized carbons (Fsp3) is 0.462. The van der Waals surface area contributed by atoms with Crippen LogP contribution in [-0.4, -0.2) is 57.6 Å². The average molecular weight is 538 g/mol. The van der Waals surface area contributed by atoms with E-state index in [1.54, 1.807) is 36.3 Å². The zero-order valence-electron chi connectivity index (χ0n) is 21.4. The van der Waals surface area contributed by atoms with Gasteiger partial charge in [0, 0.05) is 31.1 Å². The third-order valence-electron chi connectivity index (χ3n) is 5.67. The van der Waals surface area contributed by atoms with Gasteiger partial charge in [0.05, 0.1) is 19.1 Å². The number of hydrogen-bond donors (Lipinski definition) is 1. The summed E-state index contributed by atoms with van der Waals surface area (Å²) in [6, 6.07) is 13.3. The summed E-state index contributed by atoms with van der Waals surface area (Å²) in [5, 5.41) is 3.31. The summed E-state index contributed by atoms with van der Waals surface area (Å²) in [6.07, 6.45) is 2.71. The van der Waals surface area contributed by atoms with Crippen LogP contribution in [0.2, 0.25) is 5.02 Å². The maximum atomic E-state index is 13.4. The van der Waals surface area contributed by atoms with Crippen LogP contribution < -0.4 is 14.4 Å². The van der Waals surface area contributed by atoms with Gasteiger partial charge in [-0.05, 0) is 55.2 Å². The largest absolute Gasteiger partial charge is 0.497 e. The molecule has 0 radical (unpaired) electrons. The fourth-order valence-electron chi connectivity index (χ4n) is 3.89. The molecule has 0 aliphatic carbocycles. The Kier molecular flexibility index (Phi) is 11.5. The van der Waals surface area contributed by atoms with Crippen LogP contribution in [0.15, 0.2) is 48.5 Å². The van der Waals surface area contributed by atoms with Crippen molar-refractivity contribution in [3.8, 4) is 5.75 Å². The molecule has 0 aromatic heterocycles. The van der Waals surface area contributed by atoms with Gasteiger partial charge in [0.25, 0.3) is 0 Å². The van der Waals surface area contributed by atoms with Gasteiger partial charge < -0.3 is 15.0 Å². The molecule has 0 saturated carbocycles. The van der Waals surface area contributed by atoms with Gasteiger partial charge >= 0.3 is 0 Å². The maximum Gasteiger partial charge on any atom is 0.242 e. The van der Waals surface area contributed by atoms with E-state index in [0.29, 0.717) is 29.4 Å². The SMILES string of the molecule is CCCNC(=O)[C@@H](CC)N(Cc1cccc(OC)c1)C(=O)CCCN(c1cccc(Cl)c1)S(C)(=O)=O. The lowest BCUT2D eigenvalue weighted by Crippen LogP contribution is -2.49. The summed E-state index contributed by atoms with van der Waals surface area (Å²) < 4.78 is 31.4. The first-order valence-corrected chi connectivity index (χ1v) is 14.3. The zero-order chi connectivity index (χ0) is 26.7. The molecule has 0 bridgehead atoms. The monoisotopic (exact) mass is 537 g/mol. The van der Waals surface area contributed by atoms with E-state index in [1.165, 1.54) is 4.31 Å². The van der Waals surface area contributed by atoms with Crippen molar-refractivity contribution in [1.82, 2.24) is 10.2 Å². The average Bonchev–Trinajstić information content (AvgIpc) is 2.84. The lowest BCUT2D eigenvalue weighted by atomic mass is 10.1. The molecule has 36 heavy (non-hydrogen) atoms. The number of nitrogens with zero attached hydrogens (tertiary/aromatic N) is 2. The number of rotatable bonds is 14. The Morgan fingerprint density at radius 2 is 1.83 bits per heavy atom. The lowest BCUT2D eigenvalue weighted by molar-refractivity contribution is -0.141. The van der Waals surface area contributed by atoms with E-state index < -0.39 is 16.1 Å². The van der Waals surface area contributed by atoms with Crippen LogP contribution in [0.25, 0.3) is 0 Å². The smallest absolute Gasteiger partial charge is 0.242 e. The third kappa shape index (κ3) is 8.71. The highest BCUT2D eigenvalue weighted by atomic mass is 35.5. The van der Waals surface area contributed by atoms with Crippen molar-refractivity contribution >= 4 is 39.1 Å². The van der Waals surface area contributed by atoms with Crippen LogP contribution in [-0.2, 0) is 26.2 Å². The summed E-state index contributed by atoms with van der Waals surface area (Å²) in [5.74, 6) is 0.233. The van der Waals surface area contributed by atoms with Gasteiger partial charge in [-0.1, -0.05) is 43.6 Å². The highest BCUT2D eigenvalue weighted by molar-refractivity contribution is 7.92. The first-order valence-electron chi connectivity index (χ1n) is 12.0. The van der Waals surface area contributed by atoms with Gasteiger partial charge in [-0.2, -0.15) is 0 Å². The molecule has 10 heteroatoms. The first kappa shape index (κ1) is 29.5. The Bertz CT molecular complexity index is 1130. The molecule has 0 aliphatic heterocycles. The Morgan fingerprint density at radius 1 is 1.11 bits per heavy atom. The van der Waals surface area contributed by atoms with Gasteiger partial charge in [-0.15, -0.1) is 0 Å². The van der Waals surface area contributed by atoms with Crippen molar-refractivity contribution in [2.24, 2.45) is 0 Å². The molecule has 1 atom stereocenters. The number of amides is 2. The van der Waals surface area contributed by atoms with E-state index in [2.05, 4.69) is 5.32 Å². The van der Waals surface area contributed by atoms with Gasteiger partial charge in [0.2, 0.25) is 21.8 Å². The second kappa shape index (κ2) is 14.1. The Balaban J connectivity index is 2.22. The molecule has 0 heterocycles. The van der Waals surface area contributed by atoms with E-state index in [-0.39, 0.29) is 37.7 Å². The lowest BCUT2D eigenvalue weighted by Gasteiger charge is -2.31. The summed E-state index contributed by atoms with van der Waals surface area (Å²) >= 11 is 6.05. The maximum absolute atomic E-state index is 13.4. The number of nitrogens with one attached hydrogen (secondary N) is 1. The van der Waals surface area contributed by atoms with Crippen molar-refractivity contribution < 1.29 is 22.7 Å². The van der Waals surface area contributed by atoms with Crippen molar-refractivity contribution in [2.45, 2.75) is 52.1 Å². The minimum atomic E-state index is -3.58. The number of ether oxygens (including phenoxy) is 1. The molecule has 1 N–H and O–H groups in total. The number of methoxy groups -OCH3 is 1. The van der Waals surface area contributed by atoms with Gasteiger partial charge in [0.1, 0.15) is 11.8 Å². The van der Waals surface area contributed by atoms with E-state index in [1.807, 2.05) is 38.1 Å². The molecule has 0 aliphatic rings. The van der Waals surface area contributed by atoms with E-state index in [9.17, 15) is 18.0 Å². The number of hydrogen-bond acceptors (Lipinski definition) is 5. The minimum Gasteiger partial charge on any atom is -0.497 e. The molecule has 2 aromatic rings. The first-order chi connectivity index (χ1) is 17.1. The Morgan fingerprint density at radius 3 is 2.44 bits per heavy atom. The van der Waals surface area contributed by atoms with Crippen LogP contribution in [0, 0.1) is 0 Å². The molecule has 0 saturated heterocycles. The van der Waals surface area contributed by atoms with Crippen molar-refractivity contribution in [3.05, 3.63) is 59.1 Å². The van der Waals surface area contributed by atoms with Crippen molar-refractivity contribution in [3.63, 3.8) is 0 Å². The number of carbonyl (C=O) groups excluding carboxylic acids is 2. The number of carbonyl (C=O) groups is 2. The predicted molar refractivity (Wildman–Crippen MR) is 144 cm³/mol. The third-order valence-corrected chi connectivity index (χ3v) is 7.10. The molecule has 0 unspecified atom stereocenters. The van der Waals surface area contributed by atoms with Gasteiger partial charge in [-0.3, -0.25) is 13.9 Å². The molecule has 2 amide bonds. The standard InChI is InChI=1S/C26H36ClN3O5S/c1-5-15-28-26(32)24(6-2)29(19-20-10-7-13-23(17-20)35-3)25(31)14-9-16-30(36(4,33)34)22-12-8-11-21(27)18-22/h7-8,10-13,17-18,24H,5-6,9,14-16,19H2,1-4H3,(H,28,32)/t24-/m1/s1. The molecule has 0 fully saturated rings. The molecule has 0 spiro atoms. The predicted octanol–water partition coefficient (Wildman–Crippen LogP) is 4.23. The highest BCUT2D eigenvalue weighted by Crippen LogP contribution is 2.23. The molecule has 198 valence electrons. The Labute approximate surface area is 219 Å². The zero-order valence-corrected chi connectivity index (χ0v) is 22.9. The van der Waals surface area contributed by atoms with Crippen LogP contribution in [0.5, 0.6) is 5.75 Å². The number of anilines is 1. The van der Waals surface area contributed by atoms with E-state index in [4.69, 9.17) is 16.3 Å². The van der Waals surface area contributed by atoms with Gasteiger partial charge in [-0.25, -0.2) is 8.42 Å². The van der Waals surface area contributed by atoms with Crippen molar-refractivity contribution in [2.75, 3.05) is 30.8 Å². The molecule has 2 aromatic carbocycles. The number of sulfonamides is 1. The highest BCUT2D eigenvalue weighted by Gasteiger charge is 2.28. The van der Waals surface area contributed by atoms with Gasteiger partial charge in [0.15, 0.2) is 0 Å². The summed E-state index contributed by atoms with van der Waals surface area (Å²) in [4.78, 5) is 27.9. The van der Waals surface area contributed by atoms with Crippen LogP contribution in [0.3, 0.4) is 0 Å². The molecule has 2 rings (SSSR count). The number of benzene rings is 2. The molecule has 8 nitrogen and oxygen atoms in total. The normalized spacial score (nSPS) is 12.0.